The highest BCUT2D eigenvalue weighted by Gasteiger charge is 2.18. The van der Waals surface area contributed by atoms with Crippen LogP contribution in [0.25, 0.3) is 0 Å². The maximum absolute atomic E-state index is 12.1. The molecule has 0 saturated heterocycles. The number of nitrogens with zero attached hydrogens (tertiary/aromatic N) is 2. The number of carbonyl (C=O) groups is 1. The summed E-state index contributed by atoms with van der Waals surface area (Å²) in [6.07, 6.45) is 18.8. The Kier molecular flexibility index (Phi) is 5.14. The second kappa shape index (κ2) is 7.47. The van der Waals surface area contributed by atoms with Gasteiger partial charge in [0.25, 0.3) is 5.91 Å². The lowest BCUT2D eigenvalue weighted by molar-refractivity contribution is 0.0954. The molecule has 4 heteroatoms. The summed E-state index contributed by atoms with van der Waals surface area (Å²) in [4.78, 5) is 12.1. The van der Waals surface area contributed by atoms with Gasteiger partial charge < -0.3 is 5.32 Å². The van der Waals surface area contributed by atoms with Crippen molar-refractivity contribution in [3.8, 4) is 0 Å². The van der Waals surface area contributed by atoms with E-state index in [4.69, 9.17) is 0 Å². The molecule has 126 valence electrons. The minimum absolute atomic E-state index is 0.0482. The zero-order valence-electron chi connectivity index (χ0n) is 14.5. The Hall–Kier alpha value is -2.36. The number of hydrogen-bond acceptors (Lipinski definition) is 2. The van der Waals surface area contributed by atoms with E-state index in [1.807, 2.05) is 7.05 Å². The van der Waals surface area contributed by atoms with E-state index >= 15 is 0 Å². The molecule has 0 bridgehead atoms. The van der Waals surface area contributed by atoms with Crippen LogP contribution < -0.4 is 5.32 Å². The van der Waals surface area contributed by atoms with Crippen LogP contribution in [0.3, 0.4) is 0 Å². The number of carbonyl (C=O) groups excluding carboxylic acids is 1. The predicted molar refractivity (Wildman–Crippen MR) is 96.6 cm³/mol. The van der Waals surface area contributed by atoms with E-state index in [0.717, 1.165) is 25.7 Å². The molecule has 3 rings (SSSR count). The standard InChI is InChI=1S/C20H25N3O/c1-15-6-5-8-17(12-15)19-9-4-3-7-16(19)10-11-21-20(24)18-13-22-23(2)14-18/h4-6,8-9,13-14,17H,3,7,10-12H2,1-2H3,(H,21,24). The Balaban J connectivity index is 1.61. The topological polar surface area (TPSA) is 46.9 Å². The van der Waals surface area contributed by atoms with Crippen molar-refractivity contribution in [3.63, 3.8) is 0 Å². The van der Waals surface area contributed by atoms with Crippen LogP contribution in [0.4, 0.5) is 0 Å². The first-order chi connectivity index (χ1) is 11.6. The smallest absolute Gasteiger partial charge is 0.254 e. The molecule has 2 aliphatic rings. The van der Waals surface area contributed by atoms with Gasteiger partial charge in [-0.05, 0) is 38.2 Å². The van der Waals surface area contributed by atoms with Gasteiger partial charge in [0.2, 0.25) is 0 Å². The molecule has 0 saturated carbocycles. The fourth-order valence-corrected chi connectivity index (χ4v) is 3.40. The second-order valence-electron chi connectivity index (χ2n) is 6.62. The number of aryl methyl sites for hydroxylation is 1. The molecule has 0 aromatic carbocycles. The number of amides is 1. The largest absolute Gasteiger partial charge is 0.352 e. The highest BCUT2D eigenvalue weighted by Crippen LogP contribution is 2.33. The molecule has 2 aliphatic carbocycles. The van der Waals surface area contributed by atoms with Crippen LogP contribution in [0.15, 0.2) is 59.5 Å². The van der Waals surface area contributed by atoms with Crippen LogP contribution in [-0.4, -0.2) is 22.2 Å². The summed E-state index contributed by atoms with van der Waals surface area (Å²) in [5.41, 5.74) is 4.97. The molecule has 1 heterocycles. The molecular weight excluding hydrogens is 298 g/mol. The fraction of sp³-hybridized carbons (Fsp3) is 0.400. The van der Waals surface area contributed by atoms with E-state index in [0.29, 0.717) is 18.0 Å². The first kappa shape index (κ1) is 16.5. The van der Waals surface area contributed by atoms with Gasteiger partial charge in [-0.15, -0.1) is 0 Å². The zero-order valence-corrected chi connectivity index (χ0v) is 14.5. The normalized spacial score (nSPS) is 20.2. The van der Waals surface area contributed by atoms with Gasteiger partial charge in [-0.1, -0.05) is 41.5 Å². The first-order valence-electron chi connectivity index (χ1n) is 8.63. The summed E-state index contributed by atoms with van der Waals surface area (Å²) in [6.45, 7) is 2.86. The first-order valence-corrected chi connectivity index (χ1v) is 8.63. The summed E-state index contributed by atoms with van der Waals surface area (Å²) in [5.74, 6) is 0.434. The van der Waals surface area contributed by atoms with Gasteiger partial charge in [0.15, 0.2) is 0 Å². The highest BCUT2D eigenvalue weighted by atomic mass is 16.1. The minimum Gasteiger partial charge on any atom is -0.352 e. The van der Waals surface area contributed by atoms with Crippen molar-refractivity contribution >= 4 is 5.91 Å². The van der Waals surface area contributed by atoms with Crippen molar-refractivity contribution in [2.45, 2.75) is 32.6 Å². The van der Waals surface area contributed by atoms with Crippen LogP contribution in [0.5, 0.6) is 0 Å². The third-order valence-corrected chi connectivity index (χ3v) is 4.66. The van der Waals surface area contributed by atoms with Gasteiger partial charge in [0.1, 0.15) is 0 Å². The predicted octanol–water partition coefficient (Wildman–Crippen LogP) is 3.71. The molecule has 1 N–H and O–H groups in total. The van der Waals surface area contributed by atoms with Crippen LogP contribution in [0.1, 0.15) is 43.0 Å². The SMILES string of the molecule is CC1=CC=CC(C2=C(CCNC(=O)c3cnn(C)c3)CCC=C2)C1. The third kappa shape index (κ3) is 3.94. The van der Waals surface area contributed by atoms with Gasteiger partial charge in [0, 0.05) is 25.7 Å². The van der Waals surface area contributed by atoms with Gasteiger partial charge >= 0.3 is 0 Å². The molecule has 1 unspecified atom stereocenters. The molecule has 0 fully saturated rings. The van der Waals surface area contributed by atoms with Crippen LogP contribution in [-0.2, 0) is 7.05 Å². The average molecular weight is 323 g/mol. The molecule has 1 amide bonds. The number of hydrogen-bond donors (Lipinski definition) is 1. The Bertz CT molecular complexity index is 734. The zero-order chi connectivity index (χ0) is 16.9. The van der Waals surface area contributed by atoms with Crippen molar-refractivity contribution in [2.24, 2.45) is 13.0 Å². The third-order valence-electron chi connectivity index (χ3n) is 4.66. The molecule has 0 spiro atoms. The minimum atomic E-state index is -0.0482. The van der Waals surface area contributed by atoms with E-state index in [2.05, 4.69) is 47.7 Å². The van der Waals surface area contributed by atoms with Crippen molar-refractivity contribution in [2.75, 3.05) is 6.54 Å². The molecule has 24 heavy (non-hydrogen) atoms. The number of nitrogens with one attached hydrogen (secondary N) is 1. The Morgan fingerprint density at radius 2 is 2.33 bits per heavy atom. The quantitative estimate of drug-likeness (QED) is 0.898. The lowest BCUT2D eigenvalue weighted by Gasteiger charge is -2.24. The van der Waals surface area contributed by atoms with Crippen LogP contribution >= 0.6 is 0 Å². The molecule has 1 aromatic heterocycles. The lowest BCUT2D eigenvalue weighted by atomic mass is 9.82. The fourth-order valence-electron chi connectivity index (χ4n) is 3.40. The van der Waals surface area contributed by atoms with Crippen molar-refractivity contribution in [1.29, 1.82) is 0 Å². The average Bonchev–Trinajstić information content (AvgIpc) is 3.02. The van der Waals surface area contributed by atoms with E-state index in [-0.39, 0.29) is 5.91 Å². The van der Waals surface area contributed by atoms with Gasteiger partial charge in [-0.3, -0.25) is 9.48 Å². The lowest BCUT2D eigenvalue weighted by Crippen LogP contribution is -2.25. The molecule has 0 radical (unpaired) electrons. The van der Waals surface area contributed by atoms with Gasteiger partial charge in [-0.2, -0.15) is 5.10 Å². The molecule has 1 atom stereocenters. The van der Waals surface area contributed by atoms with Crippen LogP contribution in [0.2, 0.25) is 0 Å². The van der Waals surface area contributed by atoms with Crippen molar-refractivity contribution in [1.82, 2.24) is 15.1 Å². The molecule has 0 aliphatic heterocycles. The van der Waals surface area contributed by atoms with Gasteiger partial charge in [-0.25, -0.2) is 0 Å². The number of rotatable bonds is 5. The summed E-state index contributed by atoms with van der Waals surface area (Å²) in [5, 5.41) is 7.05. The Labute approximate surface area is 143 Å². The van der Waals surface area contributed by atoms with E-state index in [9.17, 15) is 4.79 Å². The summed E-state index contributed by atoms with van der Waals surface area (Å²) in [6, 6.07) is 0. The molecule has 1 aromatic rings. The Morgan fingerprint density at radius 1 is 1.46 bits per heavy atom. The van der Waals surface area contributed by atoms with E-state index in [1.54, 1.807) is 17.1 Å². The molecule has 4 nitrogen and oxygen atoms in total. The highest BCUT2D eigenvalue weighted by molar-refractivity contribution is 5.93. The number of allylic oxidation sites excluding steroid dienone is 7. The summed E-state index contributed by atoms with van der Waals surface area (Å²) in [7, 11) is 1.82. The van der Waals surface area contributed by atoms with Crippen molar-refractivity contribution in [3.05, 3.63) is 65.1 Å². The van der Waals surface area contributed by atoms with Crippen molar-refractivity contribution < 1.29 is 4.79 Å². The monoisotopic (exact) mass is 323 g/mol. The maximum atomic E-state index is 12.1. The van der Waals surface area contributed by atoms with Crippen LogP contribution in [0, 0.1) is 5.92 Å². The summed E-state index contributed by atoms with van der Waals surface area (Å²) < 4.78 is 1.65. The van der Waals surface area contributed by atoms with E-state index in [1.165, 1.54) is 16.7 Å². The van der Waals surface area contributed by atoms with Gasteiger partial charge in [0.05, 0.1) is 11.8 Å². The molecular formula is C20H25N3O. The Morgan fingerprint density at radius 3 is 3.08 bits per heavy atom. The van der Waals surface area contributed by atoms with E-state index < -0.39 is 0 Å². The maximum Gasteiger partial charge on any atom is 0.254 e. The second-order valence-corrected chi connectivity index (χ2v) is 6.62. The summed E-state index contributed by atoms with van der Waals surface area (Å²) >= 11 is 0. The number of aromatic nitrogens is 2.